The fraction of sp³-hybridized carbons (Fsp3) is 0.345. The predicted molar refractivity (Wildman–Crippen MR) is 149 cm³/mol. The number of carboxylic acid groups (broad SMARTS) is 2. The molecule has 3 amide bonds. The smallest absolute Gasteiger partial charge is 0.326 e. The van der Waals surface area contributed by atoms with E-state index in [0.29, 0.717) is 12.0 Å². The van der Waals surface area contributed by atoms with E-state index in [2.05, 4.69) is 15.6 Å². The lowest BCUT2D eigenvalue weighted by molar-refractivity contribution is -0.147. The minimum atomic E-state index is -1.46. The van der Waals surface area contributed by atoms with Gasteiger partial charge >= 0.3 is 11.9 Å². The van der Waals surface area contributed by atoms with E-state index in [4.69, 9.17) is 5.73 Å². The van der Waals surface area contributed by atoms with Gasteiger partial charge in [-0.1, -0.05) is 48.5 Å². The van der Waals surface area contributed by atoms with Crippen molar-refractivity contribution in [2.45, 2.75) is 56.3 Å². The van der Waals surface area contributed by atoms with Crippen LogP contribution in [0.15, 0.2) is 60.8 Å². The van der Waals surface area contributed by atoms with Gasteiger partial charge in [0, 0.05) is 30.1 Å². The van der Waals surface area contributed by atoms with Gasteiger partial charge in [-0.3, -0.25) is 19.2 Å². The van der Waals surface area contributed by atoms with Crippen LogP contribution < -0.4 is 16.4 Å². The molecule has 1 fully saturated rings. The number of nitrogens with one attached hydrogen (secondary N) is 3. The number of aromatic amines is 1. The molecule has 1 saturated heterocycles. The quantitative estimate of drug-likeness (QED) is 0.186. The summed E-state index contributed by atoms with van der Waals surface area (Å²) in [6, 6.07) is 11.6. The highest BCUT2D eigenvalue weighted by Gasteiger charge is 2.39. The molecular formula is C29H33N5O7. The number of likely N-dealkylation sites (tertiary alicyclic amines) is 1. The number of amides is 3. The standard InChI is InChI=1S/C29H33N5O7/c30-20(14-18-16-31-21-10-5-4-9-19(18)21)26(37)32-22(15-25(35)36)28(39)34-12-6-11-24(34)27(38)33-23(29(40)41)13-17-7-2-1-3-8-17/h1-5,7-10,16,20,22-24,31H,6,11-15,30H2,(H,32,37)(H,33,38)(H,35,36)(H,40,41). The SMILES string of the molecule is NC(Cc1c[nH]c2ccccc12)C(=O)NC(CC(=O)O)C(=O)N1CCCC1C(=O)NC(Cc1ccccc1)C(=O)O. The zero-order chi connectivity index (χ0) is 29.5. The first-order valence-corrected chi connectivity index (χ1v) is 13.3. The Morgan fingerprint density at radius 3 is 2.37 bits per heavy atom. The molecule has 1 aromatic heterocycles. The number of benzene rings is 2. The summed E-state index contributed by atoms with van der Waals surface area (Å²) in [7, 11) is 0. The van der Waals surface area contributed by atoms with Crippen LogP contribution in [0.25, 0.3) is 10.9 Å². The van der Waals surface area contributed by atoms with Crippen LogP contribution in [-0.2, 0) is 36.8 Å². The van der Waals surface area contributed by atoms with E-state index in [-0.39, 0.29) is 25.8 Å². The number of nitrogens with zero attached hydrogens (tertiary/aromatic N) is 1. The largest absolute Gasteiger partial charge is 0.481 e. The van der Waals surface area contributed by atoms with Crippen LogP contribution in [-0.4, -0.2) is 80.5 Å². The zero-order valence-corrected chi connectivity index (χ0v) is 22.3. The van der Waals surface area contributed by atoms with Crippen molar-refractivity contribution in [1.82, 2.24) is 20.5 Å². The Bertz CT molecular complexity index is 1420. The number of fused-ring (bicyclic) bond motifs is 1. The van der Waals surface area contributed by atoms with Gasteiger partial charge in [0.25, 0.3) is 0 Å². The van der Waals surface area contributed by atoms with Crippen molar-refractivity contribution in [3.05, 3.63) is 71.9 Å². The Morgan fingerprint density at radius 2 is 1.66 bits per heavy atom. The fourth-order valence-corrected chi connectivity index (χ4v) is 5.10. The van der Waals surface area contributed by atoms with Gasteiger partial charge < -0.3 is 36.5 Å². The number of nitrogens with two attached hydrogens (primary N) is 1. The van der Waals surface area contributed by atoms with Crippen LogP contribution in [0, 0.1) is 0 Å². The second-order valence-corrected chi connectivity index (χ2v) is 10.1. The Morgan fingerprint density at radius 1 is 0.951 bits per heavy atom. The molecule has 4 atom stereocenters. The maximum Gasteiger partial charge on any atom is 0.326 e. The van der Waals surface area contributed by atoms with Crippen molar-refractivity contribution in [3.63, 3.8) is 0 Å². The minimum absolute atomic E-state index is 0.0502. The van der Waals surface area contributed by atoms with Crippen LogP contribution in [0.2, 0.25) is 0 Å². The molecule has 3 aromatic rings. The molecule has 7 N–H and O–H groups in total. The van der Waals surface area contributed by atoms with Crippen LogP contribution in [0.3, 0.4) is 0 Å². The zero-order valence-electron chi connectivity index (χ0n) is 22.3. The third-order valence-electron chi connectivity index (χ3n) is 7.18. The first-order valence-electron chi connectivity index (χ1n) is 13.3. The van der Waals surface area contributed by atoms with Gasteiger partial charge in [-0.05, 0) is 36.5 Å². The fourth-order valence-electron chi connectivity index (χ4n) is 5.10. The van der Waals surface area contributed by atoms with Crippen molar-refractivity contribution in [2.75, 3.05) is 6.54 Å². The molecule has 41 heavy (non-hydrogen) atoms. The molecule has 0 aliphatic carbocycles. The highest BCUT2D eigenvalue weighted by molar-refractivity contribution is 5.96. The number of hydrogen-bond donors (Lipinski definition) is 6. The molecule has 12 heteroatoms. The van der Waals surface area contributed by atoms with Gasteiger partial charge in [0.2, 0.25) is 17.7 Å². The topological polar surface area (TPSA) is 195 Å². The summed E-state index contributed by atoms with van der Waals surface area (Å²) in [5.41, 5.74) is 8.52. The predicted octanol–water partition coefficient (Wildman–Crippen LogP) is 0.800. The normalized spacial score (nSPS) is 17.0. The molecule has 0 saturated carbocycles. The molecule has 2 aromatic carbocycles. The van der Waals surface area contributed by atoms with Gasteiger partial charge in [-0.15, -0.1) is 0 Å². The molecule has 0 bridgehead atoms. The Labute approximate surface area is 235 Å². The van der Waals surface area contributed by atoms with Gasteiger partial charge in [0.1, 0.15) is 18.1 Å². The molecule has 4 rings (SSSR count). The number of rotatable bonds is 12. The van der Waals surface area contributed by atoms with Crippen molar-refractivity contribution in [3.8, 4) is 0 Å². The summed E-state index contributed by atoms with van der Waals surface area (Å²) < 4.78 is 0. The summed E-state index contributed by atoms with van der Waals surface area (Å²) in [6.07, 6.45) is 1.95. The second-order valence-electron chi connectivity index (χ2n) is 10.1. The van der Waals surface area contributed by atoms with Crippen LogP contribution in [0.1, 0.15) is 30.4 Å². The monoisotopic (exact) mass is 563 g/mol. The Hall–Kier alpha value is -4.71. The number of carboxylic acids is 2. The lowest BCUT2D eigenvalue weighted by Gasteiger charge is -2.29. The average Bonchev–Trinajstić information content (AvgIpc) is 3.60. The molecule has 1 aliphatic heterocycles. The number of aliphatic carboxylic acids is 2. The van der Waals surface area contributed by atoms with Gasteiger partial charge in [0.15, 0.2) is 0 Å². The highest BCUT2D eigenvalue weighted by Crippen LogP contribution is 2.21. The van der Waals surface area contributed by atoms with Crippen LogP contribution in [0.5, 0.6) is 0 Å². The van der Waals surface area contributed by atoms with Crippen molar-refractivity contribution >= 4 is 40.6 Å². The molecule has 4 unspecified atom stereocenters. The summed E-state index contributed by atoms with van der Waals surface area (Å²) in [5, 5.41) is 25.0. The molecule has 0 spiro atoms. The van der Waals surface area contributed by atoms with E-state index >= 15 is 0 Å². The van der Waals surface area contributed by atoms with Crippen LogP contribution in [0.4, 0.5) is 0 Å². The molecule has 12 nitrogen and oxygen atoms in total. The summed E-state index contributed by atoms with van der Waals surface area (Å²) >= 11 is 0. The lowest BCUT2D eigenvalue weighted by atomic mass is 10.0. The van der Waals surface area contributed by atoms with E-state index in [1.54, 1.807) is 36.5 Å². The molecule has 2 heterocycles. The number of hydrogen-bond acceptors (Lipinski definition) is 6. The average molecular weight is 564 g/mol. The van der Waals surface area contributed by atoms with Crippen molar-refractivity contribution < 1.29 is 34.2 Å². The highest BCUT2D eigenvalue weighted by atomic mass is 16.4. The number of para-hydroxylation sites is 1. The summed E-state index contributed by atoms with van der Waals surface area (Å²) in [4.78, 5) is 67.3. The van der Waals surface area contributed by atoms with Gasteiger partial charge in [0.05, 0.1) is 12.5 Å². The van der Waals surface area contributed by atoms with E-state index in [1.165, 1.54) is 4.90 Å². The first-order chi connectivity index (χ1) is 19.6. The molecule has 1 aliphatic rings. The van der Waals surface area contributed by atoms with Gasteiger partial charge in [-0.25, -0.2) is 4.79 Å². The maximum atomic E-state index is 13.5. The number of carbonyl (C=O) groups is 5. The Balaban J connectivity index is 1.43. The van der Waals surface area contributed by atoms with E-state index in [1.807, 2.05) is 24.3 Å². The second kappa shape index (κ2) is 13.1. The van der Waals surface area contributed by atoms with E-state index in [0.717, 1.165) is 16.5 Å². The first kappa shape index (κ1) is 29.3. The molecule has 0 radical (unpaired) electrons. The van der Waals surface area contributed by atoms with Gasteiger partial charge in [-0.2, -0.15) is 0 Å². The molecule has 216 valence electrons. The maximum absolute atomic E-state index is 13.5. The van der Waals surface area contributed by atoms with Crippen molar-refractivity contribution in [2.24, 2.45) is 5.73 Å². The minimum Gasteiger partial charge on any atom is -0.481 e. The Kier molecular flexibility index (Phi) is 9.35. The third-order valence-corrected chi connectivity index (χ3v) is 7.18. The number of H-pyrrole nitrogens is 1. The number of aromatic nitrogens is 1. The molecular weight excluding hydrogens is 530 g/mol. The van der Waals surface area contributed by atoms with E-state index < -0.39 is 60.2 Å². The lowest BCUT2D eigenvalue weighted by Crippen LogP contribution is -2.57. The summed E-state index contributed by atoms with van der Waals surface area (Å²) in [5.74, 6) is -4.65. The van der Waals surface area contributed by atoms with Crippen molar-refractivity contribution in [1.29, 1.82) is 0 Å². The van der Waals surface area contributed by atoms with Crippen LogP contribution >= 0.6 is 0 Å². The number of carbonyl (C=O) groups excluding carboxylic acids is 3. The van der Waals surface area contributed by atoms with E-state index in [9.17, 15) is 34.2 Å². The summed E-state index contributed by atoms with van der Waals surface area (Å²) in [6.45, 7) is 0.153. The third kappa shape index (κ3) is 7.28.